The third kappa shape index (κ3) is 3.40. The molecule has 0 amide bonds. The van der Waals surface area contributed by atoms with E-state index in [9.17, 15) is 8.42 Å². The quantitative estimate of drug-likeness (QED) is 0.915. The summed E-state index contributed by atoms with van der Waals surface area (Å²) in [4.78, 5) is 8.34. The summed E-state index contributed by atoms with van der Waals surface area (Å²) < 4.78 is 23.5. The highest BCUT2D eigenvalue weighted by molar-refractivity contribution is 7.91. The lowest BCUT2D eigenvalue weighted by molar-refractivity contribution is 0.476. The summed E-state index contributed by atoms with van der Waals surface area (Å²) in [5.41, 5.74) is 1.22. The van der Waals surface area contributed by atoms with Crippen LogP contribution in [0.3, 0.4) is 0 Å². The molecule has 1 saturated heterocycles. The number of aryl methyl sites for hydroxylation is 1. The molecule has 1 aliphatic heterocycles. The monoisotopic (exact) mass is 329 g/mol. The van der Waals surface area contributed by atoms with Crippen LogP contribution >= 0.6 is 11.3 Å². The molecule has 118 valence electrons. The van der Waals surface area contributed by atoms with Gasteiger partial charge in [-0.05, 0) is 32.2 Å². The molecule has 0 bridgehead atoms. The number of anilines is 1. The number of fused-ring (bicyclic) bond motifs is 1. The number of rotatable bonds is 3. The van der Waals surface area contributed by atoms with Crippen molar-refractivity contribution in [1.82, 2.24) is 10.3 Å². The first kappa shape index (κ1) is 15.2. The highest BCUT2D eigenvalue weighted by atomic mass is 32.2. The lowest BCUT2D eigenvalue weighted by atomic mass is 9.98. The molecule has 2 aliphatic rings. The van der Waals surface area contributed by atoms with Crippen molar-refractivity contribution >= 4 is 26.3 Å². The largest absolute Gasteiger partial charge is 0.347 e. The Bertz CT molecular complexity index is 597. The van der Waals surface area contributed by atoms with Crippen LogP contribution in [0.25, 0.3) is 0 Å². The minimum atomic E-state index is -2.86. The van der Waals surface area contributed by atoms with Crippen LogP contribution in [0.15, 0.2) is 0 Å². The lowest BCUT2D eigenvalue weighted by Gasteiger charge is -2.21. The summed E-state index contributed by atoms with van der Waals surface area (Å²) in [7, 11) is -2.86. The maximum Gasteiger partial charge on any atom is 0.185 e. The van der Waals surface area contributed by atoms with E-state index in [-0.39, 0.29) is 5.75 Å². The van der Waals surface area contributed by atoms with E-state index in [1.807, 2.05) is 0 Å². The van der Waals surface area contributed by atoms with Gasteiger partial charge in [0.05, 0.1) is 17.2 Å². The number of sulfone groups is 1. The van der Waals surface area contributed by atoms with E-state index in [0.29, 0.717) is 24.8 Å². The Kier molecular flexibility index (Phi) is 4.51. The standard InChI is InChI=1S/C14H23N3O2S2/c1-2-15-11-5-3-6-12-13(11)20-14(16-12)17-7-4-9-21(18,19)10-8-17/h11,15H,2-10H2,1H3. The van der Waals surface area contributed by atoms with Gasteiger partial charge in [-0.25, -0.2) is 13.4 Å². The molecule has 0 radical (unpaired) electrons. The third-order valence-electron chi connectivity index (χ3n) is 4.22. The fourth-order valence-electron chi connectivity index (χ4n) is 3.11. The highest BCUT2D eigenvalue weighted by Crippen LogP contribution is 2.37. The number of hydrogen-bond acceptors (Lipinski definition) is 6. The topological polar surface area (TPSA) is 62.3 Å². The summed E-state index contributed by atoms with van der Waals surface area (Å²) in [6.45, 7) is 4.49. The smallest absolute Gasteiger partial charge is 0.185 e. The Labute approximate surface area is 130 Å². The van der Waals surface area contributed by atoms with E-state index in [0.717, 1.165) is 24.6 Å². The molecule has 21 heavy (non-hydrogen) atoms. The summed E-state index contributed by atoms with van der Waals surface area (Å²) in [6, 6.07) is 0.431. The summed E-state index contributed by atoms with van der Waals surface area (Å²) in [6.07, 6.45) is 4.13. The average molecular weight is 329 g/mol. The SMILES string of the molecule is CCNC1CCCc2nc(N3CCCS(=O)(=O)CC3)sc21. The first-order valence-corrected chi connectivity index (χ1v) is 10.4. The highest BCUT2D eigenvalue weighted by Gasteiger charge is 2.27. The molecule has 1 unspecified atom stereocenters. The normalized spacial score (nSPS) is 25.4. The van der Waals surface area contributed by atoms with E-state index in [1.54, 1.807) is 11.3 Å². The zero-order chi connectivity index (χ0) is 14.9. The summed E-state index contributed by atoms with van der Waals surface area (Å²) in [5.74, 6) is 0.572. The Morgan fingerprint density at radius 2 is 2.19 bits per heavy atom. The van der Waals surface area contributed by atoms with E-state index in [4.69, 9.17) is 4.98 Å². The lowest BCUT2D eigenvalue weighted by Crippen LogP contribution is -2.26. The van der Waals surface area contributed by atoms with Crippen molar-refractivity contribution in [2.75, 3.05) is 36.0 Å². The maximum atomic E-state index is 11.7. The van der Waals surface area contributed by atoms with Crippen molar-refractivity contribution in [2.45, 2.75) is 38.6 Å². The van der Waals surface area contributed by atoms with Gasteiger partial charge in [-0.2, -0.15) is 0 Å². The Morgan fingerprint density at radius 3 is 3.00 bits per heavy atom. The summed E-state index contributed by atoms with van der Waals surface area (Å²) in [5, 5.41) is 4.55. The second-order valence-electron chi connectivity index (χ2n) is 5.80. The first-order chi connectivity index (χ1) is 10.1. The Morgan fingerprint density at radius 1 is 1.33 bits per heavy atom. The molecule has 3 rings (SSSR count). The predicted octanol–water partition coefficient (Wildman–Crippen LogP) is 1.75. The molecule has 0 spiro atoms. The fraction of sp³-hybridized carbons (Fsp3) is 0.786. The van der Waals surface area contributed by atoms with Crippen molar-refractivity contribution in [3.05, 3.63) is 10.6 Å². The molecule has 1 N–H and O–H groups in total. The molecule has 1 aromatic rings. The van der Waals surface area contributed by atoms with Gasteiger partial charge >= 0.3 is 0 Å². The molecule has 1 fully saturated rings. The van der Waals surface area contributed by atoms with Crippen molar-refractivity contribution in [3.8, 4) is 0 Å². The zero-order valence-corrected chi connectivity index (χ0v) is 14.1. The van der Waals surface area contributed by atoms with Crippen LogP contribution in [0.2, 0.25) is 0 Å². The van der Waals surface area contributed by atoms with Crippen LogP contribution in [0, 0.1) is 0 Å². The van der Waals surface area contributed by atoms with E-state index >= 15 is 0 Å². The van der Waals surface area contributed by atoms with Crippen LogP contribution in [0.4, 0.5) is 5.13 Å². The van der Waals surface area contributed by atoms with E-state index in [1.165, 1.54) is 23.4 Å². The van der Waals surface area contributed by atoms with Crippen molar-refractivity contribution in [3.63, 3.8) is 0 Å². The molecule has 2 heterocycles. The van der Waals surface area contributed by atoms with Crippen molar-refractivity contribution in [2.24, 2.45) is 0 Å². The van der Waals surface area contributed by atoms with Gasteiger partial charge in [0, 0.05) is 24.0 Å². The number of nitrogens with zero attached hydrogens (tertiary/aromatic N) is 2. The van der Waals surface area contributed by atoms with Gasteiger partial charge in [0.25, 0.3) is 0 Å². The van der Waals surface area contributed by atoms with Crippen LogP contribution in [0.1, 0.15) is 42.8 Å². The number of nitrogens with one attached hydrogen (secondary N) is 1. The van der Waals surface area contributed by atoms with Crippen molar-refractivity contribution in [1.29, 1.82) is 0 Å². The molecular formula is C14H23N3O2S2. The number of thiazole rings is 1. The predicted molar refractivity (Wildman–Crippen MR) is 87.0 cm³/mol. The first-order valence-electron chi connectivity index (χ1n) is 7.77. The molecule has 5 nitrogen and oxygen atoms in total. The number of hydrogen-bond donors (Lipinski definition) is 1. The minimum Gasteiger partial charge on any atom is -0.347 e. The van der Waals surface area contributed by atoms with Crippen LogP contribution in [-0.2, 0) is 16.3 Å². The second kappa shape index (κ2) is 6.22. The van der Waals surface area contributed by atoms with Gasteiger partial charge in [0.1, 0.15) is 0 Å². The van der Waals surface area contributed by atoms with Crippen LogP contribution in [-0.4, -0.2) is 44.5 Å². The number of aromatic nitrogens is 1. The van der Waals surface area contributed by atoms with Crippen LogP contribution in [0.5, 0.6) is 0 Å². The molecule has 7 heteroatoms. The fourth-order valence-corrected chi connectivity index (χ4v) is 5.66. The Hall–Kier alpha value is -0.660. The zero-order valence-electron chi connectivity index (χ0n) is 12.5. The average Bonchev–Trinajstić information content (AvgIpc) is 2.79. The van der Waals surface area contributed by atoms with Crippen molar-refractivity contribution < 1.29 is 8.42 Å². The van der Waals surface area contributed by atoms with Gasteiger partial charge in [-0.1, -0.05) is 18.3 Å². The van der Waals surface area contributed by atoms with Gasteiger partial charge in [-0.15, -0.1) is 0 Å². The maximum absolute atomic E-state index is 11.7. The van der Waals surface area contributed by atoms with Crippen LogP contribution < -0.4 is 10.2 Å². The van der Waals surface area contributed by atoms with Gasteiger partial charge in [0.2, 0.25) is 0 Å². The molecule has 1 atom stereocenters. The minimum absolute atomic E-state index is 0.258. The molecule has 1 aliphatic carbocycles. The molecule has 0 saturated carbocycles. The molecule has 0 aromatic carbocycles. The van der Waals surface area contributed by atoms with Gasteiger partial charge in [-0.3, -0.25) is 0 Å². The van der Waals surface area contributed by atoms with E-state index in [2.05, 4.69) is 17.1 Å². The van der Waals surface area contributed by atoms with E-state index < -0.39 is 9.84 Å². The second-order valence-corrected chi connectivity index (χ2v) is 9.12. The third-order valence-corrected chi connectivity index (χ3v) is 7.20. The van der Waals surface area contributed by atoms with Gasteiger partial charge < -0.3 is 10.2 Å². The Balaban J connectivity index is 1.80. The molecule has 1 aromatic heterocycles. The van der Waals surface area contributed by atoms with Gasteiger partial charge in [0.15, 0.2) is 15.0 Å². The summed E-state index contributed by atoms with van der Waals surface area (Å²) >= 11 is 1.76. The molecular weight excluding hydrogens is 306 g/mol.